The molecule has 7 heteroatoms. The lowest BCUT2D eigenvalue weighted by atomic mass is 10.0. The fraction of sp³-hybridized carbons (Fsp3) is 0.150. The first kappa shape index (κ1) is 16.8. The number of amides is 1. The lowest BCUT2D eigenvalue weighted by Gasteiger charge is -2.12. The van der Waals surface area contributed by atoms with Crippen LogP contribution in [0.25, 0.3) is 16.9 Å². The van der Waals surface area contributed by atoms with Gasteiger partial charge in [0.25, 0.3) is 0 Å². The molecule has 0 saturated carbocycles. The van der Waals surface area contributed by atoms with Gasteiger partial charge in [0.1, 0.15) is 11.9 Å². The first-order valence-electron chi connectivity index (χ1n) is 8.44. The SMILES string of the molecule is N#Cc1cc(-n2ccc(-c3cccc4c3CCC4NC(=O)O)n2)ccc1F. The number of rotatable bonds is 3. The number of carboxylic acid groups (broad SMARTS) is 1. The maximum absolute atomic E-state index is 13.5. The minimum atomic E-state index is -1.04. The first-order chi connectivity index (χ1) is 13.1. The van der Waals surface area contributed by atoms with Crippen molar-refractivity contribution in [3.63, 3.8) is 0 Å². The molecule has 3 aromatic rings. The highest BCUT2D eigenvalue weighted by atomic mass is 19.1. The molecular weight excluding hydrogens is 347 g/mol. The summed E-state index contributed by atoms with van der Waals surface area (Å²) in [6.07, 6.45) is 2.19. The number of hydrogen-bond acceptors (Lipinski definition) is 3. The van der Waals surface area contributed by atoms with E-state index in [2.05, 4.69) is 10.4 Å². The van der Waals surface area contributed by atoms with Crippen LogP contribution in [0.15, 0.2) is 48.7 Å². The fourth-order valence-electron chi connectivity index (χ4n) is 3.55. The Kier molecular flexibility index (Phi) is 4.09. The highest BCUT2D eigenvalue weighted by molar-refractivity contribution is 5.69. The van der Waals surface area contributed by atoms with Gasteiger partial charge in [0.2, 0.25) is 0 Å². The second kappa shape index (κ2) is 6.57. The van der Waals surface area contributed by atoms with Gasteiger partial charge in [0.05, 0.1) is 23.0 Å². The first-order valence-corrected chi connectivity index (χ1v) is 8.44. The molecule has 27 heavy (non-hydrogen) atoms. The molecule has 0 bridgehead atoms. The molecule has 0 spiro atoms. The summed E-state index contributed by atoms with van der Waals surface area (Å²) in [5.74, 6) is -0.563. The predicted octanol–water partition coefficient (Wildman–Crippen LogP) is 3.80. The summed E-state index contributed by atoms with van der Waals surface area (Å²) in [6, 6.07) is 13.5. The van der Waals surface area contributed by atoms with E-state index in [9.17, 15) is 9.18 Å². The van der Waals surface area contributed by atoms with Gasteiger partial charge in [0, 0.05) is 11.8 Å². The summed E-state index contributed by atoms with van der Waals surface area (Å²) in [4.78, 5) is 11.0. The molecule has 1 aliphatic carbocycles. The van der Waals surface area contributed by atoms with Gasteiger partial charge in [-0.1, -0.05) is 18.2 Å². The topological polar surface area (TPSA) is 90.9 Å². The molecule has 2 aromatic carbocycles. The smallest absolute Gasteiger partial charge is 0.405 e. The number of fused-ring (bicyclic) bond motifs is 1. The molecule has 6 nitrogen and oxygen atoms in total. The van der Waals surface area contributed by atoms with Gasteiger partial charge in [-0.15, -0.1) is 0 Å². The number of nitrogens with one attached hydrogen (secondary N) is 1. The lowest BCUT2D eigenvalue weighted by Crippen LogP contribution is -2.24. The second-order valence-electron chi connectivity index (χ2n) is 6.34. The van der Waals surface area contributed by atoms with Crippen molar-refractivity contribution in [1.29, 1.82) is 5.26 Å². The van der Waals surface area contributed by atoms with Gasteiger partial charge in [-0.2, -0.15) is 10.4 Å². The Morgan fingerprint density at radius 2 is 2.19 bits per heavy atom. The van der Waals surface area contributed by atoms with Crippen LogP contribution in [0.3, 0.4) is 0 Å². The van der Waals surface area contributed by atoms with E-state index in [-0.39, 0.29) is 11.6 Å². The Bertz CT molecular complexity index is 1080. The zero-order valence-electron chi connectivity index (χ0n) is 14.2. The summed E-state index contributed by atoms with van der Waals surface area (Å²) < 4.78 is 15.1. The van der Waals surface area contributed by atoms with E-state index in [0.717, 1.165) is 28.8 Å². The number of carbonyl (C=O) groups is 1. The van der Waals surface area contributed by atoms with E-state index in [1.807, 2.05) is 30.3 Å². The predicted molar refractivity (Wildman–Crippen MR) is 95.9 cm³/mol. The normalized spacial score (nSPS) is 15.2. The number of aromatic nitrogens is 2. The fourth-order valence-corrected chi connectivity index (χ4v) is 3.55. The Morgan fingerprint density at radius 3 is 2.96 bits per heavy atom. The molecule has 0 saturated heterocycles. The molecule has 2 N–H and O–H groups in total. The number of nitrogens with zero attached hydrogens (tertiary/aromatic N) is 3. The molecule has 1 aliphatic rings. The maximum atomic E-state index is 13.5. The molecule has 1 amide bonds. The quantitative estimate of drug-likeness (QED) is 0.741. The van der Waals surface area contributed by atoms with Gasteiger partial charge in [-0.05, 0) is 48.2 Å². The van der Waals surface area contributed by atoms with Crippen molar-refractivity contribution in [3.05, 3.63) is 71.2 Å². The monoisotopic (exact) mass is 362 g/mol. The van der Waals surface area contributed by atoms with Crippen molar-refractivity contribution in [2.75, 3.05) is 0 Å². The van der Waals surface area contributed by atoms with Gasteiger partial charge in [-0.25, -0.2) is 13.9 Å². The van der Waals surface area contributed by atoms with Gasteiger partial charge in [0.15, 0.2) is 0 Å². The highest BCUT2D eigenvalue weighted by Gasteiger charge is 2.26. The van der Waals surface area contributed by atoms with Crippen molar-refractivity contribution in [2.45, 2.75) is 18.9 Å². The van der Waals surface area contributed by atoms with Crippen molar-refractivity contribution in [3.8, 4) is 23.0 Å². The third kappa shape index (κ3) is 3.02. The molecule has 1 unspecified atom stereocenters. The van der Waals surface area contributed by atoms with Crippen LogP contribution in [-0.4, -0.2) is 21.0 Å². The van der Waals surface area contributed by atoms with E-state index < -0.39 is 11.9 Å². The van der Waals surface area contributed by atoms with Gasteiger partial charge >= 0.3 is 6.09 Å². The third-order valence-corrected chi connectivity index (χ3v) is 4.77. The van der Waals surface area contributed by atoms with Crippen molar-refractivity contribution < 1.29 is 14.3 Å². The summed E-state index contributed by atoms with van der Waals surface area (Å²) in [7, 11) is 0. The molecule has 4 rings (SSSR count). The summed E-state index contributed by atoms with van der Waals surface area (Å²) in [5, 5.41) is 25.1. The average Bonchev–Trinajstić information content (AvgIpc) is 3.29. The molecule has 1 heterocycles. The zero-order valence-corrected chi connectivity index (χ0v) is 14.2. The van der Waals surface area contributed by atoms with Crippen LogP contribution < -0.4 is 5.32 Å². The van der Waals surface area contributed by atoms with E-state index in [4.69, 9.17) is 10.4 Å². The number of benzene rings is 2. The minimum absolute atomic E-state index is 0.0345. The number of halogens is 1. The number of nitriles is 1. The van der Waals surface area contributed by atoms with Crippen LogP contribution >= 0.6 is 0 Å². The summed E-state index contributed by atoms with van der Waals surface area (Å²) >= 11 is 0. The van der Waals surface area contributed by atoms with E-state index in [1.54, 1.807) is 16.9 Å². The molecular formula is C20H15FN4O2. The Balaban J connectivity index is 1.70. The molecule has 134 valence electrons. The molecule has 1 aromatic heterocycles. The third-order valence-electron chi connectivity index (χ3n) is 4.77. The molecule has 0 fully saturated rings. The van der Waals surface area contributed by atoms with Gasteiger partial charge < -0.3 is 10.4 Å². The zero-order chi connectivity index (χ0) is 19.0. The lowest BCUT2D eigenvalue weighted by molar-refractivity contribution is 0.190. The van der Waals surface area contributed by atoms with Crippen LogP contribution in [0, 0.1) is 17.1 Å². The van der Waals surface area contributed by atoms with E-state index in [1.165, 1.54) is 12.1 Å². The minimum Gasteiger partial charge on any atom is -0.465 e. The summed E-state index contributed by atoms with van der Waals surface area (Å²) in [5.41, 5.74) is 4.30. The highest BCUT2D eigenvalue weighted by Crippen LogP contribution is 2.37. The van der Waals surface area contributed by atoms with E-state index in [0.29, 0.717) is 12.1 Å². The Hall–Kier alpha value is -3.66. The van der Waals surface area contributed by atoms with E-state index >= 15 is 0 Å². The van der Waals surface area contributed by atoms with Crippen molar-refractivity contribution >= 4 is 6.09 Å². The molecule has 0 radical (unpaired) electrons. The van der Waals surface area contributed by atoms with Crippen LogP contribution in [0.4, 0.5) is 9.18 Å². The van der Waals surface area contributed by atoms with Gasteiger partial charge in [-0.3, -0.25) is 0 Å². The Morgan fingerprint density at radius 1 is 1.33 bits per heavy atom. The largest absolute Gasteiger partial charge is 0.465 e. The van der Waals surface area contributed by atoms with Crippen molar-refractivity contribution in [1.82, 2.24) is 15.1 Å². The van der Waals surface area contributed by atoms with Crippen LogP contribution in [-0.2, 0) is 6.42 Å². The average molecular weight is 362 g/mol. The van der Waals surface area contributed by atoms with Crippen molar-refractivity contribution in [2.24, 2.45) is 0 Å². The Labute approximate surface area is 154 Å². The van der Waals surface area contributed by atoms with Crippen LogP contribution in [0.5, 0.6) is 0 Å². The van der Waals surface area contributed by atoms with Crippen LogP contribution in [0.1, 0.15) is 29.2 Å². The summed E-state index contributed by atoms with van der Waals surface area (Å²) in [6.45, 7) is 0. The maximum Gasteiger partial charge on any atom is 0.405 e. The molecule has 1 atom stereocenters. The van der Waals surface area contributed by atoms with Crippen LogP contribution in [0.2, 0.25) is 0 Å². The number of hydrogen-bond donors (Lipinski definition) is 2. The molecule has 0 aliphatic heterocycles. The standard InChI is InChI=1S/C20H15FN4O2/c21-17-6-4-13(10-12(17)11-22)25-9-8-19(24-25)16-3-1-2-15-14(16)5-7-18(15)23-20(26)27/h1-4,6,8-10,18,23H,5,7H2,(H,26,27). The second-order valence-corrected chi connectivity index (χ2v) is 6.34.